The minimum absolute atomic E-state index is 0.432. The summed E-state index contributed by atoms with van der Waals surface area (Å²) in [5, 5.41) is 2.37. The van der Waals surface area contributed by atoms with Crippen molar-refractivity contribution in [2.24, 2.45) is 0 Å². The minimum atomic E-state index is 0.432. The number of hydrogen-bond acceptors (Lipinski definition) is 2. The number of nitrogens with zero attached hydrogens (tertiary/aromatic N) is 1. The quantitative estimate of drug-likeness (QED) is 0.411. The van der Waals surface area contributed by atoms with Gasteiger partial charge in [-0.15, -0.1) is 0 Å². The van der Waals surface area contributed by atoms with Crippen LogP contribution in [0.4, 0.5) is 11.4 Å². The zero-order valence-corrected chi connectivity index (χ0v) is 15.2. The fourth-order valence-electron chi connectivity index (χ4n) is 3.62. The van der Waals surface area contributed by atoms with Gasteiger partial charge in [0.25, 0.3) is 0 Å². The summed E-state index contributed by atoms with van der Waals surface area (Å²) >= 11 is 0. The van der Waals surface area contributed by atoms with E-state index in [1.807, 2.05) is 0 Å². The smallest absolute Gasteiger partial charge is 0.159 e. The van der Waals surface area contributed by atoms with Crippen molar-refractivity contribution < 1.29 is 4.42 Å². The Hall–Kier alpha value is -2.74. The standard InChI is InChI=1S/C23H23NO/c1-15(2)17-10-7-11-18-19-12-8-14-21(23(19)25-22(17)18)24(4)20-13-6-5-9-16(20)3/h5-15H,1-4H3. The lowest BCUT2D eigenvalue weighted by Gasteiger charge is -2.21. The van der Waals surface area contributed by atoms with Gasteiger partial charge in [-0.1, -0.05) is 62.4 Å². The van der Waals surface area contributed by atoms with Gasteiger partial charge in [-0.25, -0.2) is 0 Å². The number of para-hydroxylation sites is 3. The molecule has 0 saturated carbocycles. The Morgan fingerprint density at radius 1 is 0.760 bits per heavy atom. The number of benzene rings is 3. The van der Waals surface area contributed by atoms with E-state index in [0.29, 0.717) is 5.92 Å². The molecular formula is C23H23NO. The van der Waals surface area contributed by atoms with Crippen LogP contribution in [0.2, 0.25) is 0 Å². The molecule has 1 aromatic heterocycles. The maximum Gasteiger partial charge on any atom is 0.159 e. The zero-order chi connectivity index (χ0) is 17.6. The molecule has 0 N–H and O–H groups in total. The third kappa shape index (κ3) is 2.49. The fraction of sp³-hybridized carbons (Fsp3) is 0.217. The third-order valence-electron chi connectivity index (χ3n) is 4.99. The van der Waals surface area contributed by atoms with Gasteiger partial charge in [0.1, 0.15) is 5.58 Å². The van der Waals surface area contributed by atoms with Gasteiger partial charge in [0.15, 0.2) is 5.58 Å². The lowest BCUT2D eigenvalue weighted by molar-refractivity contribution is 0.657. The van der Waals surface area contributed by atoms with E-state index >= 15 is 0 Å². The Morgan fingerprint density at radius 2 is 1.40 bits per heavy atom. The first-order valence-electron chi connectivity index (χ1n) is 8.81. The van der Waals surface area contributed by atoms with Crippen molar-refractivity contribution in [3.63, 3.8) is 0 Å². The lowest BCUT2D eigenvalue weighted by atomic mass is 10.0. The van der Waals surface area contributed by atoms with Crippen LogP contribution in [0.25, 0.3) is 21.9 Å². The zero-order valence-electron chi connectivity index (χ0n) is 15.2. The molecule has 4 rings (SSSR count). The summed E-state index contributed by atoms with van der Waals surface area (Å²) in [5.41, 5.74) is 6.77. The van der Waals surface area contributed by atoms with Crippen molar-refractivity contribution in [1.82, 2.24) is 0 Å². The predicted molar refractivity (Wildman–Crippen MR) is 107 cm³/mol. The summed E-state index contributed by atoms with van der Waals surface area (Å²) in [7, 11) is 2.10. The first kappa shape index (κ1) is 15.8. The van der Waals surface area contributed by atoms with Crippen LogP contribution < -0.4 is 4.90 Å². The van der Waals surface area contributed by atoms with Crippen LogP contribution in [0.15, 0.2) is 65.1 Å². The molecule has 3 aromatic carbocycles. The van der Waals surface area contributed by atoms with E-state index in [0.717, 1.165) is 16.9 Å². The summed E-state index contributed by atoms with van der Waals surface area (Å²) in [6.45, 7) is 6.56. The molecule has 2 nitrogen and oxygen atoms in total. The van der Waals surface area contributed by atoms with Crippen molar-refractivity contribution in [3.8, 4) is 0 Å². The average molecular weight is 329 g/mol. The van der Waals surface area contributed by atoms with E-state index in [1.54, 1.807) is 0 Å². The molecule has 0 radical (unpaired) electrons. The van der Waals surface area contributed by atoms with Crippen LogP contribution in [0.3, 0.4) is 0 Å². The molecule has 0 amide bonds. The maximum atomic E-state index is 6.42. The molecule has 0 atom stereocenters. The van der Waals surface area contributed by atoms with Crippen molar-refractivity contribution in [3.05, 3.63) is 71.8 Å². The van der Waals surface area contributed by atoms with Gasteiger partial charge < -0.3 is 9.32 Å². The number of rotatable bonds is 3. The lowest BCUT2D eigenvalue weighted by Crippen LogP contribution is -2.10. The van der Waals surface area contributed by atoms with Crippen molar-refractivity contribution in [1.29, 1.82) is 0 Å². The Labute approximate surface area is 148 Å². The first-order valence-corrected chi connectivity index (χ1v) is 8.81. The number of aryl methyl sites for hydroxylation is 1. The Bertz CT molecular complexity index is 1060. The summed E-state index contributed by atoms with van der Waals surface area (Å²) in [5.74, 6) is 0.432. The van der Waals surface area contributed by atoms with Gasteiger partial charge >= 0.3 is 0 Å². The SMILES string of the molecule is Cc1ccccc1N(C)c1cccc2c1oc1c(C(C)C)cccc12. The molecule has 0 fully saturated rings. The average Bonchev–Trinajstić information content (AvgIpc) is 3.00. The van der Waals surface area contributed by atoms with Crippen LogP contribution in [0, 0.1) is 6.92 Å². The molecule has 0 unspecified atom stereocenters. The molecular weight excluding hydrogens is 306 g/mol. The number of furan rings is 1. The predicted octanol–water partition coefficient (Wildman–Crippen LogP) is 6.79. The van der Waals surface area contributed by atoms with Crippen molar-refractivity contribution >= 4 is 33.3 Å². The molecule has 0 aliphatic carbocycles. The molecule has 25 heavy (non-hydrogen) atoms. The van der Waals surface area contributed by atoms with E-state index in [1.165, 1.54) is 27.6 Å². The first-order chi connectivity index (χ1) is 12.1. The largest absolute Gasteiger partial charge is 0.454 e. The summed E-state index contributed by atoms with van der Waals surface area (Å²) in [4.78, 5) is 2.22. The second kappa shape index (κ2) is 5.96. The minimum Gasteiger partial charge on any atom is -0.454 e. The third-order valence-corrected chi connectivity index (χ3v) is 4.99. The van der Waals surface area contributed by atoms with Crippen LogP contribution in [-0.4, -0.2) is 7.05 Å². The van der Waals surface area contributed by atoms with Crippen LogP contribution in [0.1, 0.15) is 30.9 Å². The maximum absolute atomic E-state index is 6.42. The van der Waals surface area contributed by atoms with E-state index in [9.17, 15) is 0 Å². The molecule has 0 aliphatic rings. The highest BCUT2D eigenvalue weighted by atomic mass is 16.3. The number of hydrogen-bond donors (Lipinski definition) is 0. The number of fused-ring (bicyclic) bond motifs is 3. The fourth-order valence-corrected chi connectivity index (χ4v) is 3.62. The van der Waals surface area contributed by atoms with E-state index in [2.05, 4.69) is 93.4 Å². The summed E-state index contributed by atoms with van der Waals surface area (Å²) in [6, 6.07) is 21.3. The van der Waals surface area contributed by atoms with Crippen LogP contribution in [-0.2, 0) is 0 Å². The van der Waals surface area contributed by atoms with Crippen LogP contribution >= 0.6 is 0 Å². The van der Waals surface area contributed by atoms with Gasteiger partial charge in [-0.05, 0) is 36.1 Å². The molecule has 2 heteroatoms. The van der Waals surface area contributed by atoms with Gasteiger partial charge in [0, 0.05) is 23.5 Å². The molecule has 1 heterocycles. The van der Waals surface area contributed by atoms with Gasteiger partial charge in [0.2, 0.25) is 0 Å². The van der Waals surface area contributed by atoms with E-state index in [4.69, 9.17) is 4.42 Å². The second-order valence-corrected chi connectivity index (χ2v) is 6.98. The molecule has 0 spiro atoms. The van der Waals surface area contributed by atoms with Crippen LogP contribution in [0.5, 0.6) is 0 Å². The summed E-state index contributed by atoms with van der Waals surface area (Å²) in [6.07, 6.45) is 0. The normalized spacial score (nSPS) is 11.6. The highest BCUT2D eigenvalue weighted by Crippen LogP contribution is 2.39. The van der Waals surface area contributed by atoms with Crippen molar-refractivity contribution in [2.75, 3.05) is 11.9 Å². The molecule has 0 saturated heterocycles. The van der Waals surface area contributed by atoms with Gasteiger partial charge in [0.05, 0.1) is 5.69 Å². The van der Waals surface area contributed by atoms with Crippen molar-refractivity contribution in [2.45, 2.75) is 26.7 Å². The molecule has 0 aliphatic heterocycles. The summed E-state index contributed by atoms with van der Waals surface area (Å²) < 4.78 is 6.42. The second-order valence-electron chi connectivity index (χ2n) is 6.98. The Morgan fingerprint density at radius 3 is 2.12 bits per heavy atom. The number of anilines is 2. The Balaban J connectivity index is 1.98. The Kier molecular flexibility index (Phi) is 3.76. The monoisotopic (exact) mass is 329 g/mol. The highest BCUT2D eigenvalue weighted by Gasteiger charge is 2.17. The molecule has 0 bridgehead atoms. The van der Waals surface area contributed by atoms with Gasteiger partial charge in [-0.2, -0.15) is 0 Å². The van der Waals surface area contributed by atoms with Gasteiger partial charge in [-0.3, -0.25) is 0 Å². The van der Waals surface area contributed by atoms with E-state index < -0.39 is 0 Å². The molecule has 126 valence electrons. The molecule has 4 aromatic rings. The van der Waals surface area contributed by atoms with E-state index in [-0.39, 0.29) is 0 Å². The highest BCUT2D eigenvalue weighted by molar-refractivity contribution is 6.10. The topological polar surface area (TPSA) is 16.4 Å².